The minimum absolute atomic E-state index is 0.0802. The predicted molar refractivity (Wildman–Crippen MR) is 157 cm³/mol. The monoisotopic (exact) mass is 569 g/mol. The summed E-state index contributed by atoms with van der Waals surface area (Å²) in [6.07, 6.45) is 1.53. The van der Waals surface area contributed by atoms with E-state index in [-0.39, 0.29) is 52.7 Å². The van der Waals surface area contributed by atoms with Crippen LogP contribution >= 0.6 is 0 Å². The van der Waals surface area contributed by atoms with Crippen LogP contribution in [0.4, 0.5) is 0 Å². The number of carbonyl (C=O) groups is 3. The zero-order chi connectivity index (χ0) is 30.3. The Hall–Kier alpha value is -2.71. The molecule has 1 aliphatic carbocycles. The number of hydrogen-bond donors (Lipinski definition) is 1. The van der Waals surface area contributed by atoms with E-state index in [4.69, 9.17) is 14.2 Å². The number of phenols is 1. The second-order valence-electron chi connectivity index (χ2n) is 13.6. The summed E-state index contributed by atoms with van der Waals surface area (Å²) in [5.74, 6) is -0.209. The first-order chi connectivity index (χ1) is 19.2. The molecule has 1 fully saturated rings. The van der Waals surface area contributed by atoms with Crippen molar-refractivity contribution in [3.8, 4) is 17.2 Å². The van der Waals surface area contributed by atoms with Crippen molar-refractivity contribution in [3.05, 3.63) is 28.5 Å². The summed E-state index contributed by atoms with van der Waals surface area (Å²) in [6.45, 7) is 19.3. The van der Waals surface area contributed by atoms with Crippen molar-refractivity contribution < 1.29 is 33.7 Å². The average Bonchev–Trinajstić information content (AvgIpc) is 2.89. The van der Waals surface area contributed by atoms with Crippen LogP contribution in [0.1, 0.15) is 96.5 Å². The van der Waals surface area contributed by atoms with Gasteiger partial charge < -0.3 is 19.3 Å². The number of rotatable bonds is 10. The molecule has 1 unspecified atom stereocenters. The minimum atomic E-state index is -1.23. The summed E-state index contributed by atoms with van der Waals surface area (Å²) in [5.41, 5.74) is -1.27. The maximum Gasteiger partial charge on any atom is 0.175 e. The summed E-state index contributed by atoms with van der Waals surface area (Å²) in [6, 6.07) is 1.68. The molecule has 0 bridgehead atoms. The van der Waals surface area contributed by atoms with Crippen molar-refractivity contribution in [1.29, 1.82) is 0 Å². The second kappa shape index (κ2) is 11.9. The molecule has 4 rings (SSSR count). The van der Waals surface area contributed by atoms with E-state index in [1.54, 1.807) is 33.8 Å². The highest BCUT2D eigenvalue weighted by atomic mass is 16.5. The third-order valence-corrected chi connectivity index (χ3v) is 8.49. The lowest BCUT2D eigenvalue weighted by Crippen LogP contribution is -2.51. The Morgan fingerprint density at radius 1 is 1.07 bits per heavy atom. The van der Waals surface area contributed by atoms with Crippen LogP contribution in [-0.4, -0.2) is 66.8 Å². The molecule has 226 valence electrons. The molecule has 1 saturated heterocycles. The largest absolute Gasteiger partial charge is 0.507 e. The van der Waals surface area contributed by atoms with E-state index in [0.29, 0.717) is 35.7 Å². The molecule has 0 radical (unpaired) electrons. The number of ketones is 3. The zero-order valence-electron chi connectivity index (χ0n) is 26.0. The van der Waals surface area contributed by atoms with Gasteiger partial charge in [0.2, 0.25) is 0 Å². The number of nitrogens with zero attached hydrogens (tertiary/aromatic N) is 1. The van der Waals surface area contributed by atoms with E-state index >= 15 is 0 Å². The topological polar surface area (TPSA) is 102 Å². The van der Waals surface area contributed by atoms with Crippen LogP contribution in [0.15, 0.2) is 17.4 Å². The van der Waals surface area contributed by atoms with E-state index in [1.165, 1.54) is 0 Å². The van der Waals surface area contributed by atoms with Crippen molar-refractivity contribution in [1.82, 2.24) is 4.90 Å². The van der Waals surface area contributed by atoms with Gasteiger partial charge in [-0.25, -0.2) is 0 Å². The molecule has 1 aromatic carbocycles. The molecule has 41 heavy (non-hydrogen) atoms. The van der Waals surface area contributed by atoms with Gasteiger partial charge in [0.05, 0.1) is 30.7 Å². The molecular formula is C33H47NO7. The van der Waals surface area contributed by atoms with E-state index < -0.39 is 16.7 Å². The van der Waals surface area contributed by atoms with Gasteiger partial charge in [0.15, 0.2) is 17.3 Å². The molecule has 1 N–H and O–H groups in total. The fourth-order valence-corrected chi connectivity index (χ4v) is 6.43. The molecule has 3 aliphatic rings. The first-order valence-corrected chi connectivity index (χ1v) is 15.1. The van der Waals surface area contributed by atoms with Crippen molar-refractivity contribution in [2.75, 3.05) is 39.5 Å². The Bertz CT molecular complexity index is 1230. The first kappa shape index (κ1) is 31.2. The van der Waals surface area contributed by atoms with Gasteiger partial charge in [0.25, 0.3) is 0 Å². The lowest BCUT2D eigenvalue weighted by molar-refractivity contribution is -0.144. The van der Waals surface area contributed by atoms with Gasteiger partial charge in [-0.15, -0.1) is 0 Å². The van der Waals surface area contributed by atoms with Gasteiger partial charge in [-0.1, -0.05) is 27.7 Å². The molecule has 1 atom stereocenters. The smallest absolute Gasteiger partial charge is 0.175 e. The Balaban J connectivity index is 1.79. The molecule has 0 saturated carbocycles. The molecule has 0 spiro atoms. The molecule has 1 aromatic rings. The maximum absolute atomic E-state index is 13.9. The van der Waals surface area contributed by atoms with Crippen molar-refractivity contribution >= 4 is 17.3 Å². The van der Waals surface area contributed by atoms with Gasteiger partial charge in [-0.3, -0.25) is 19.3 Å². The van der Waals surface area contributed by atoms with Crippen LogP contribution in [0, 0.1) is 22.7 Å². The number of hydrogen-bond acceptors (Lipinski definition) is 8. The molecule has 0 aromatic heterocycles. The van der Waals surface area contributed by atoms with Gasteiger partial charge in [0, 0.05) is 49.2 Å². The highest BCUT2D eigenvalue weighted by Crippen LogP contribution is 2.57. The van der Waals surface area contributed by atoms with Crippen molar-refractivity contribution in [3.63, 3.8) is 0 Å². The van der Waals surface area contributed by atoms with E-state index in [0.717, 1.165) is 39.3 Å². The van der Waals surface area contributed by atoms with Crippen LogP contribution < -0.4 is 9.47 Å². The van der Waals surface area contributed by atoms with Crippen LogP contribution in [-0.2, 0) is 14.3 Å². The highest BCUT2D eigenvalue weighted by molar-refractivity contribution is 6.20. The Morgan fingerprint density at radius 2 is 1.73 bits per heavy atom. The summed E-state index contributed by atoms with van der Waals surface area (Å²) in [7, 11) is 0. The number of ether oxygens (including phenoxy) is 3. The van der Waals surface area contributed by atoms with E-state index in [1.807, 2.05) is 13.8 Å². The number of carbonyl (C=O) groups excluding carboxylic acids is 3. The first-order valence-electron chi connectivity index (χ1n) is 15.1. The number of morpholine rings is 1. The summed E-state index contributed by atoms with van der Waals surface area (Å²) < 4.78 is 18.0. The fourth-order valence-electron chi connectivity index (χ4n) is 6.43. The standard InChI is InChI=1S/C33H47NO7/c1-19(2)16-21-25-24(41-30-26(21)29(37)32(5,6)31(38)33(30,7)8)18-23(27(28(25)36)22(35)17-20(3)4)40-13-9-10-34-11-14-39-15-12-34/h18-21,36H,9-17H2,1-8H3. The molecular weight excluding hydrogens is 522 g/mol. The Labute approximate surface area is 244 Å². The number of allylic oxidation sites excluding steroid dienone is 2. The minimum Gasteiger partial charge on any atom is -0.507 e. The highest BCUT2D eigenvalue weighted by Gasteiger charge is 2.57. The van der Waals surface area contributed by atoms with Crippen LogP contribution in [0.25, 0.3) is 0 Å². The number of aromatic hydroxyl groups is 1. The SMILES string of the molecule is CC(C)CC(=O)c1c(OCCCN2CCOCC2)cc2c(c1O)C(CC(C)C)C1=C(O2)C(C)(C)C(=O)C(C)(C)C1=O. The van der Waals surface area contributed by atoms with E-state index in [9.17, 15) is 19.5 Å². The normalized spacial score (nSPS) is 22.0. The van der Waals surface area contributed by atoms with Gasteiger partial charge in [0.1, 0.15) is 28.6 Å². The summed E-state index contributed by atoms with van der Waals surface area (Å²) in [5, 5.41) is 11.8. The van der Waals surface area contributed by atoms with Gasteiger partial charge in [-0.2, -0.15) is 0 Å². The van der Waals surface area contributed by atoms with Gasteiger partial charge >= 0.3 is 0 Å². The fraction of sp³-hybridized carbons (Fsp3) is 0.667. The molecule has 8 heteroatoms. The molecule has 8 nitrogen and oxygen atoms in total. The van der Waals surface area contributed by atoms with Crippen LogP contribution in [0.2, 0.25) is 0 Å². The number of benzene rings is 1. The molecule has 0 amide bonds. The lowest BCUT2D eigenvalue weighted by Gasteiger charge is -2.45. The number of Topliss-reactive ketones (excluding diaryl/α,β-unsaturated/α-hetero) is 3. The Kier molecular flexibility index (Phi) is 9.05. The lowest BCUT2D eigenvalue weighted by atomic mass is 9.59. The third-order valence-electron chi connectivity index (χ3n) is 8.49. The van der Waals surface area contributed by atoms with E-state index in [2.05, 4.69) is 18.7 Å². The Morgan fingerprint density at radius 3 is 2.34 bits per heavy atom. The average molecular weight is 570 g/mol. The van der Waals surface area contributed by atoms with Gasteiger partial charge in [-0.05, 0) is 52.4 Å². The summed E-state index contributed by atoms with van der Waals surface area (Å²) in [4.78, 5) is 43.3. The van der Waals surface area contributed by atoms with Crippen LogP contribution in [0.3, 0.4) is 0 Å². The van der Waals surface area contributed by atoms with Crippen molar-refractivity contribution in [2.45, 2.75) is 80.6 Å². The third kappa shape index (κ3) is 5.96. The second-order valence-corrected chi connectivity index (χ2v) is 13.6. The molecule has 2 heterocycles. The number of phenolic OH excluding ortho intramolecular Hbond substituents is 1. The maximum atomic E-state index is 13.9. The summed E-state index contributed by atoms with van der Waals surface area (Å²) >= 11 is 0. The quantitative estimate of drug-likeness (QED) is 0.217. The van der Waals surface area contributed by atoms with Crippen molar-refractivity contribution in [2.24, 2.45) is 22.7 Å². The number of fused-ring (bicyclic) bond motifs is 1. The molecule has 2 aliphatic heterocycles. The predicted octanol–water partition coefficient (Wildman–Crippen LogP) is 5.70. The van der Waals surface area contributed by atoms with Crippen LogP contribution in [0.5, 0.6) is 17.2 Å². The zero-order valence-corrected chi connectivity index (χ0v) is 26.0.